The van der Waals surface area contributed by atoms with Crippen LogP contribution < -0.4 is 10.6 Å². The van der Waals surface area contributed by atoms with E-state index in [0.29, 0.717) is 17.1 Å². The molecule has 0 saturated carbocycles. The SMILES string of the molecule is CNC(=O)c1cccc(NCc2ccc(Cl)cc2Br)c1. The molecule has 0 unspecified atom stereocenters. The van der Waals surface area contributed by atoms with E-state index in [1.165, 1.54) is 0 Å². The van der Waals surface area contributed by atoms with Gasteiger partial charge >= 0.3 is 0 Å². The summed E-state index contributed by atoms with van der Waals surface area (Å²) < 4.78 is 0.958. The Morgan fingerprint density at radius 2 is 2.05 bits per heavy atom. The summed E-state index contributed by atoms with van der Waals surface area (Å²) in [7, 11) is 1.62. The number of carbonyl (C=O) groups is 1. The lowest BCUT2D eigenvalue weighted by molar-refractivity contribution is 0.0963. The normalized spacial score (nSPS) is 10.2. The summed E-state index contributed by atoms with van der Waals surface area (Å²) in [5.41, 5.74) is 2.63. The molecule has 0 atom stereocenters. The zero-order valence-corrected chi connectivity index (χ0v) is 13.3. The van der Waals surface area contributed by atoms with Gasteiger partial charge in [-0.1, -0.05) is 39.7 Å². The Bertz CT molecular complexity index is 631. The van der Waals surface area contributed by atoms with Crippen molar-refractivity contribution in [3.05, 3.63) is 63.1 Å². The molecule has 5 heteroatoms. The highest BCUT2D eigenvalue weighted by Gasteiger charge is 2.04. The molecule has 0 bridgehead atoms. The Hall–Kier alpha value is -1.52. The number of rotatable bonds is 4. The summed E-state index contributed by atoms with van der Waals surface area (Å²) in [4.78, 5) is 11.6. The lowest BCUT2D eigenvalue weighted by atomic mass is 10.1. The topological polar surface area (TPSA) is 41.1 Å². The summed E-state index contributed by atoms with van der Waals surface area (Å²) in [5, 5.41) is 6.59. The van der Waals surface area contributed by atoms with Crippen LogP contribution in [0.2, 0.25) is 5.02 Å². The van der Waals surface area contributed by atoms with Gasteiger partial charge in [0.2, 0.25) is 0 Å². The van der Waals surface area contributed by atoms with E-state index >= 15 is 0 Å². The average molecular weight is 354 g/mol. The molecule has 1 amide bonds. The molecule has 3 nitrogen and oxygen atoms in total. The van der Waals surface area contributed by atoms with Gasteiger partial charge in [-0.25, -0.2) is 0 Å². The van der Waals surface area contributed by atoms with Gasteiger partial charge in [0.1, 0.15) is 0 Å². The molecule has 104 valence electrons. The lowest BCUT2D eigenvalue weighted by Crippen LogP contribution is -2.17. The Morgan fingerprint density at radius 3 is 2.75 bits per heavy atom. The fourth-order valence-electron chi connectivity index (χ4n) is 1.78. The van der Waals surface area contributed by atoms with Gasteiger partial charge < -0.3 is 10.6 Å². The van der Waals surface area contributed by atoms with Crippen LogP contribution in [0.5, 0.6) is 0 Å². The van der Waals surface area contributed by atoms with Crippen molar-refractivity contribution >= 4 is 39.1 Å². The Labute approximate surface area is 131 Å². The molecule has 0 fully saturated rings. The van der Waals surface area contributed by atoms with E-state index in [1.54, 1.807) is 13.1 Å². The maximum absolute atomic E-state index is 11.6. The van der Waals surface area contributed by atoms with Crippen molar-refractivity contribution in [1.82, 2.24) is 5.32 Å². The number of nitrogens with one attached hydrogen (secondary N) is 2. The molecule has 0 aliphatic rings. The van der Waals surface area contributed by atoms with Gasteiger partial charge in [-0.3, -0.25) is 4.79 Å². The van der Waals surface area contributed by atoms with E-state index in [-0.39, 0.29) is 5.91 Å². The quantitative estimate of drug-likeness (QED) is 0.870. The molecule has 2 aromatic carbocycles. The number of halogens is 2. The summed E-state index contributed by atoms with van der Waals surface area (Å²) in [5.74, 6) is -0.0960. The van der Waals surface area contributed by atoms with Crippen LogP contribution in [-0.4, -0.2) is 13.0 Å². The minimum atomic E-state index is -0.0960. The molecule has 0 aliphatic heterocycles. The fraction of sp³-hybridized carbons (Fsp3) is 0.133. The van der Waals surface area contributed by atoms with E-state index < -0.39 is 0 Å². The number of hydrogen-bond acceptors (Lipinski definition) is 2. The van der Waals surface area contributed by atoms with Crippen molar-refractivity contribution in [2.45, 2.75) is 6.54 Å². The molecule has 0 heterocycles. The van der Waals surface area contributed by atoms with Gasteiger partial charge in [0.15, 0.2) is 0 Å². The third-order valence-electron chi connectivity index (χ3n) is 2.85. The van der Waals surface area contributed by atoms with Crippen molar-refractivity contribution in [3.8, 4) is 0 Å². The highest BCUT2D eigenvalue weighted by atomic mass is 79.9. The second-order valence-corrected chi connectivity index (χ2v) is 5.54. The maximum atomic E-state index is 11.6. The van der Waals surface area contributed by atoms with Crippen LogP contribution >= 0.6 is 27.5 Å². The fourth-order valence-corrected chi connectivity index (χ4v) is 2.60. The van der Waals surface area contributed by atoms with Gasteiger partial charge in [-0.2, -0.15) is 0 Å². The van der Waals surface area contributed by atoms with Crippen molar-refractivity contribution in [2.24, 2.45) is 0 Å². The summed E-state index contributed by atoms with van der Waals surface area (Å²) in [6, 6.07) is 13.1. The number of hydrogen-bond donors (Lipinski definition) is 2. The molecule has 2 N–H and O–H groups in total. The largest absolute Gasteiger partial charge is 0.381 e. The average Bonchev–Trinajstić information content (AvgIpc) is 2.46. The number of anilines is 1. The molecule has 0 radical (unpaired) electrons. The third kappa shape index (κ3) is 3.74. The summed E-state index contributed by atoms with van der Waals surface area (Å²) in [6.07, 6.45) is 0. The molecule has 20 heavy (non-hydrogen) atoms. The Morgan fingerprint density at radius 1 is 1.25 bits per heavy atom. The van der Waals surface area contributed by atoms with Crippen LogP contribution in [0, 0.1) is 0 Å². The van der Waals surface area contributed by atoms with E-state index in [2.05, 4.69) is 26.6 Å². The first-order chi connectivity index (χ1) is 9.60. The molecular weight excluding hydrogens is 340 g/mol. The predicted molar refractivity (Wildman–Crippen MR) is 86.3 cm³/mol. The molecular formula is C15H14BrClN2O. The highest BCUT2D eigenvalue weighted by Crippen LogP contribution is 2.22. The minimum absolute atomic E-state index is 0.0960. The Balaban J connectivity index is 2.09. The zero-order valence-electron chi connectivity index (χ0n) is 10.9. The van der Waals surface area contributed by atoms with E-state index in [0.717, 1.165) is 15.7 Å². The standard InChI is InChI=1S/C15H14BrClN2O/c1-18-15(20)10-3-2-4-13(7-10)19-9-11-5-6-12(17)8-14(11)16/h2-8,19H,9H2,1H3,(H,18,20). The number of benzene rings is 2. The molecule has 0 aliphatic carbocycles. The zero-order chi connectivity index (χ0) is 14.5. The van der Waals surface area contributed by atoms with E-state index in [4.69, 9.17) is 11.6 Å². The Kier molecular flexibility index (Phi) is 5.04. The van der Waals surface area contributed by atoms with Gasteiger partial charge in [0.25, 0.3) is 5.91 Å². The van der Waals surface area contributed by atoms with Crippen molar-refractivity contribution < 1.29 is 4.79 Å². The van der Waals surface area contributed by atoms with Gasteiger partial charge in [0.05, 0.1) is 0 Å². The second kappa shape index (κ2) is 6.77. The van der Waals surface area contributed by atoms with Gasteiger partial charge in [0, 0.05) is 34.3 Å². The summed E-state index contributed by atoms with van der Waals surface area (Å²) in [6.45, 7) is 0.648. The van der Waals surface area contributed by atoms with Gasteiger partial charge in [-0.05, 0) is 35.9 Å². The van der Waals surface area contributed by atoms with Crippen LogP contribution in [0.25, 0.3) is 0 Å². The maximum Gasteiger partial charge on any atom is 0.251 e. The second-order valence-electron chi connectivity index (χ2n) is 4.25. The van der Waals surface area contributed by atoms with Crippen molar-refractivity contribution in [1.29, 1.82) is 0 Å². The van der Waals surface area contributed by atoms with Crippen LogP contribution in [0.15, 0.2) is 46.9 Å². The molecule has 0 spiro atoms. The van der Waals surface area contributed by atoms with Gasteiger partial charge in [-0.15, -0.1) is 0 Å². The van der Waals surface area contributed by atoms with Crippen molar-refractivity contribution in [3.63, 3.8) is 0 Å². The predicted octanol–water partition coefficient (Wildman–Crippen LogP) is 4.07. The number of carbonyl (C=O) groups excluding carboxylic acids is 1. The lowest BCUT2D eigenvalue weighted by Gasteiger charge is -2.10. The first-order valence-electron chi connectivity index (χ1n) is 6.10. The van der Waals surface area contributed by atoms with Crippen molar-refractivity contribution in [2.75, 3.05) is 12.4 Å². The smallest absolute Gasteiger partial charge is 0.251 e. The van der Waals surface area contributed by atoms with Crippen LogP contribution in [-0.2, 0) is 6.54 Å². The molecule has 0 aromatic heterocycles. The first kappa shape index (κ1) is 14.9. The number of amides is 1. The van der Waals surface area contributed by atoms with Crippen LogP contribution in [0.1, 0.15) is 15.9 Å². The van der Waals surface area contributed by atoms with Crippen LogP contribution in [0.4, 0.5) is 5.69 Å². The first-order valence-corrected chi connectivity index (χ1v) is 7.27. The summed E-state index contributed by atoms with van der Waals surface area (Å²) >= 11 is 9.39. The highest BCUT2D eigenvalue weighted by molar-refractivity contribution is 9.10. The minimum Gasteiger partial charge on any atom is -0.381 e. The molecule has 0 saturated heterocycles. The molecule has 2 aromatic rings. The van der Waals surface area contributed by atoms with Crippen LogP contribution in [0.3, 0.4) is 0 Å². The van der Waals surface area contributed by atoms with E-state index in [1.807, 2.05) is 36.4 Å². The third-order valence-corrected chi connectivity index (χ3v) is 3.82. The molecule has 2 rings (SSSR count). The monoisotopic (exact) mass is 352 g/mol. The van der Waals surface area contributed by atoms with E-state index in [9.17, 15) is 4.79 Å².